The van der Waals surface area contributed by atoms with Crippen molar-refractivity contribution in [1.82, 2.24) is 0 Å². The predicted molar refractivity (Wildman–Crippen MR) is 154 cm³/mol. The molecule has 218 valence electrons. The van der Waals surface area contributed by atoms with E-state index in [1.54, 1.807) is 79.0 Å². The highest BCUT2D eigenvalue weighted by Gasteiger charge is 2.24. The summed E-state index contributed by atoms with van der Waals surface area (Å²) < 4.78 is 27.6. The van der Waals surface area contributed by atoms with Gasteiger partial charge in [-0.05, 0) is 108 Å². The maximum Gasteiger partial charge on any atom is 0.314 e. The van der Waals surface area contributed by atoms with Crippen LogP contribution in [0.4, 0.5) is 0 Å². The summed E-state index contributed by atoms with van der Waals surface area (Å²) in [5.74, 6) is 0.569. The van der Waals surface area contributed by atoms with Crippen LogP contribution in [-0.2, 0) is 31.9 Å². The van der Waals surface area contributed by atoms with Crippen molar-refractivity contribution >= 4 is 23.8 Å². The molecule has 0 aliphatic carbocycles. The summed E-state index contributed by atoms with van der Waals surface area (Å²) in [4.78, 5) is 37.1. The zero-order valence-electron chi connectivity index (χ0n) is 25.1. The van der Waals surface area contributed by atoms with Crippen LogP contribution in [0.2, 0.25) is 0 Å². The Hall–Kier alpha value is -3.81. The number of hydrogen-bond donors (Lipinski definition) is 0. The molecular weight excluding hydrogens is 512 g/mol. The Morgan fingerprint density at radius 1 is 0.750 bits per heavy atom. The molecule has 2 aromatic carbocycles. The molecule has 0 heterocycles. The number of ketones is 1. The molecule has 0 unspecified atom stereocenters. The van der Waals surface area contributed by atoms with Crippen LogP contribution >= 0.6 is 0 Å². The number of rotatable bonds is 12. The molecule has 0 N–H and O–H groups in total. The zero-order valence-corrected chi connectivity index (χ0v) is 25.1. The van der Waals surface area contributed by atoms with Crippen LogP contribution in [0.25, 0.3) is 6.08 Å². The van der Waals surface area contributed by atoms with Crippen molar-refractivity contribution in [2.24, 2.45) is 10.8 Å². The number of hydrogen-bond acceptors (Lipinski definition) is 8. The molecule has 0 radical (unpaired) electrons. The molecule has 0 spiro atoms. The lowest BCUT2D eigenvalue weighted by molar-refractivity contribution is -0.160. The van der Waals surface area contributed by atoms with Gasteiger partial charge in [0.1, 0.15) is 17.2 Å². The predicted octanol–water partition coefficient (Wildman–Crippen LogP) is 6.57. The van der Waals surface area contributed by atoms with Gasteiger partial charge in [-0.1, -0.05) is 13.8 Å². The fourth-order valence-electron chi connectivity index (χ4n) is 3.58. The standard InChI is InChI=1S/C32H42O8/c1-10-21-18-22(11-2)28(38-20-40-30(35)32(6,7)8)25(27(21)36-9)16-17-26(33)23-12-14-24(15-13-23)37-19-39-29(34)31(3,4)5/h12-18H,10-11,19-20H2,1-9H3/b17-16+. The van der Waals surface area contributed by atoms with Crippen LogP contribution in [-0.4, -0.2) is 38.4 Å². The molecule has 0 atom stereocenters. The van der Waals surface area contributed by atoms with Gasteiger partial charge in [0, 0.05) is 5.56 Å². The molecule has 0 aromatic heterocycles. The molecule has 2 rings (SSSR count). The second kappa shape index (κ2) is 14.0. The van der Waals surface area contributed by atoms with E-state index >= 15 is 0 Å². The van der Waals surface area contributed by atoms with Crippen LogP contribution in [0.15, 0.2) is 36.4 Å². The second-order valence-electron chi connectivity index (χ2n) is 11.3. The third-order valence-electron chi connectivity index (χ3n) is 5.96. The van der Waals surface area contributed by atoms with Crippen molar-refractivity contribution in [3.8, 4) is 17.2 Å². The van der Waals surface area contributed by atoms with Crippen molar-refractivity contribution in [2.45, 2.75) is 68.2 Å². The van der Waals surface area contributed by atoms with Crippen LogP contribution < -0.4 is 14.2 Å². The minimum absolute atomic E-state index is 0.218. The van der Waals surface area contributed by atoms with Gasteiger partial charge in [0.15, 0.2) is 5.78 Å². The number of ether oxygens (including phenoxy) is 5. The van der Waals surface area contributed by atoms with Crippen molar-refractivity contribution < 1.29 is 38.1 Å². The number of esters is 2. The smallest absolute Gasteiger partial charge is 0.314 e. The van der Waals surface area contributed by atoms with Crippen molar-refractivity contribution in [3.63, 3.8) is 0 Å². The first-order valence-corrected chi connectivity index (χ1v) is 13.4. The molecular formula is C32H42O8. The van der Waals surface area contributed by atoms with Gasteiger partial charge in [0.2, 0.25) is 13.6 Å². The highest BCUT2D eigenvalue weighted by atomic mass is 16.7. The normalized spacial score (nSPS) is 11.7. The monoisotopic (exact) mass is 554 g/mol. The Morgan fingerprint density at radius 2 is 1.25 bits per heavy atom. The van der Waals surface area contributed by atoms with Crippen molar-refractivity contribution in [1.29, 1.82) is 0 Å². The first-order valence-electron chi connectivity index (χ1n) is 13.4. The lowest BCUT2D eigenvalue weighted by atomic mass is 9.97. The Bertz CT molecular complexity index is 1210. The molecule has 8 heteroatoms. The molecule has 0 fully saturated rings. The summed E-state index contributed by atoms with van der Waals surface area (Å²) in [6, 6.07) is 8.55. The molecule has 8 nitrogen and oxygen atoms in total. The number of benzene rings is 2. The molecule has 40 heavy (non-hydrogen) atoms. The van der Waals surface area contributed by atoms with E-state index in [4.69, 9.17) is 23.7 Å². The fourth-order valence-corrected chi connectivity index (χ4v) is 3.58. The summed E-state index contributed by atoms with van der Waals surface area (Å²) in [5.41, 5.74) is 1.64. The van der Waals surface area contributed by atoms with E-state index in [0.717, 1.165) is 17.5 Å². The number of carbonyl (C=O) groups excluding carboxylic acids is 3. The van der Waals surface area contributed by atoms with Gasteiger partial charge in [0.05, 0.1) is 23.5 Å². The summed E-state index contributed by atoms with van der Waals surface area (Å²) in [5, 5.41) is 0. The average Bonchev–Trinajstić information content (AvgIpc) is 2.90. The molecule has 0 bridgehead atoms. The largest absolute Gasteiger partial charge is 0.496 e. The number of methoxy groups -OCH3 is 1. The first kappa shape index (κ1) is 32.4. The van der Waals surface area contributed by atoms with Gasteiger partial charge in [-0.15, -0.1) is 0 Å². The lowest BCUT2D eigenvalue weighted by Gasteiger charge is -2.21. The van der Waals surface area contributed by atoms with Gasteiger partial charge in [0.25, 0.3) is 0 Å². The second-order valence-corrected chi connectivity index (χ2v) is 11.3. The van der Waals surface area contributed by atoms with E-state index < -0.39 is 10.8 Å². The van der Waals surface area contributed by atoms with Crippen molar-refractivity contribution in [2.75, 3.05) is 20.7 Å². The number of aryl methyl sites for hydroxylation is 2. The first-order chi connectivity index (χ1) is 18.7. The molecule has 0 saturated heterocycles. The maximum atomic E-state index is 13.0. The Kier molecular flexibility index (Phi) is 11.3. The van der Waals surface area contributed by atoms with Crippen molar-refractivity contribution in [3.05, 3.63) is 58.7 Å². The van der Waals surface area contributed by atoms with E-state index in [2.05, 4.69) is 0 Å². The molecule has 0 amide bonds. The van der Waals surface area contributed by atoms with Crippen LogP contribution in [0.1, 0.15) is 82.4 Å². The Morgan fingerprint density at radius 3 is 1.73 bits per heavy atom. The minimum Gasteiger partial charge on any atom is -0.496 e. The summed E-state index contributed by atoms with van der Waals surface area (Å²) in [6.07, 6.45) is 4.50. The van der Waals surface area contributed by atoms with Crippen LogP contribution in [0, 0.1) is 10.8 Å². The van der Waals surface area contributed by atoms with Crippen LogP contribution in [0.5, 0.6) is 17.2 Å². The van der Waals surface area contributed by atoms with Gasteiger partial charge >= 0.3 is 11.9 Å². The Labute approximate surface area is 237 Å². The summed E-state index contributed by atoms with van der Waals surface area (Å²) in [7, 11) is 1.57. The number of allylic oxidation sites excluding steroid dienone is 1. The third kappa shape index (κ3) is 8.86. The van der Waals surface area contributed by atoms with E-state index in [-0.39, 0.29) is 31.3 Å². The SMILES string of the molecule is CCc1cc(CC)c(OCOC(=O)C(C)(C)C)c(/C=C/C(=O)c2ccc(OCOC(=O)C(C)(C)C)cc2)c1OC. The van der Waals surface area contributed by atoms with Gasteiger partial charge in [-0.25, -0.2) is 0 Å². The summed E-state index contributed by atoms with van der Waals surface area (Å²) in [6.45, 7) is 14.1. The zero-order chi connectivity index (χ0) is 30.1. The van der Waals surface area contributed by atoms with E-state index in [9.17, 15) is 14.4 Å². The summed E-state index contributed by atoms with van der Waals surface area (Å²) >= 11 is 0. The Balaban J connectivity index is 2.26. The molecule has 2 aromatic rings. The average molecular weight is 555 g/mol. The highest BCUT2D eigenvalue weighted by molar-refractivity contribution is 6.07. The molecule has 0 saturated carbocycles. The van der Waals surface area contributed by atoms with E-state index in [1.807, 2.05) is 19.9 Å². The molecule has 0 aliphatic heterocycles. The quantitative estimate of drug-likeness (QED) is 0.126. The lowest BCUT2D eigenvalue weighted by Crippen LogP contribution is -2.25. The minimum atomic E-state index is -0.659. The van der Waals surface area contributed by atoms with E-state index in [1.165, 1.54) is 6.08 Å². The third-order valence-corrected chi connectivity index (χ3v) is 5.96. The topological polar surface area (TPSA) is 97.4 Å². The van der Waals surface area contributed by atoms with Gasteiger partial charge in [-0.3, -0.25) is 14.4 Å². The van der Waals surface area contributed by atoms with Gasteiger partial charge < -0.3 is 23.7 Å². The fraction of sp³-hybridized carbons (Fsp3) is 0.469. The highest BCUT2D eigenvalue weighted by Crippen LogP contribution is 2.38. The van der Waals surface area contributed by atoms with Gasteiger partial charge in [-0.2, -0.15) is 0 Å². The van der Waals surface area contributed by atoms with Crippen LogP contribution in [0.3, 0.4) is 0 Å². The number of carbonyl (C=O) groups is 3. The molecule has 0 aliphatic rings. The van der Waals surface area contributed by atoms with E-state index in [0.29, 0.717) is 34.8 Å². The maximum absolute atomic E-state index is 13.0.